The van der Waals surface area contributed by atoms with Gasteiger partial charge in [0, 0.05) is 12.4 Å². The third-order valence-electron chi connectivity index (χ3n) is 1.78. The van der Waals surface area contributed by atoms with Crippen molar-refractivity contribution in [2.45, 2.75) is 19.9 Å². The SMILES string of the molecule is CC(C)C(Nc1ncccn1)C(=O)O. The van der Waals surface area contributed by atoms with Gasteiger partial charge in [0.2, 0.25) is 5.95 Å². The maximum Gasteiger partial charge on any atom is 0.326 e. The van der Waals surface area contributed by atoms with Crippen molar-refractivity contribution in [1.82, 2.24) is 9.97 Å². The van der Waals surface area contributed by atoms with Gasteiger partial charge in [-0.15, -0.1) is 0 Å². The first-order chi connectivity index (χ1) is 6.61. The number of aliphatic carboxylic acids is 1. The first kappa shape index (κ1) is 10.4. The monoisotopic (exact) mass is 195 g/mol. The van der Waals surface area contributed by atoms with Crippen molar-refractivity contribution in [3.63, 3.8) is 0 Å². The van der Waals surface area contributed by atoms with Crippen molar-refractivity contribution < 1.29 is 9.90 Å². The van der Waals surface area contributed by atoms with Crippen LogP contribution in [0.15, 0.2) is 18.5 Å². The summed E-state index contributed by atoms with van der Waals surface area (Å²) in [5, 5.41) is 11.6. The van der Waals surface area contributed by atoms with Crippen molar-refractivity contribution in [3.8, 4) is 0 Å². The highest BCUT2D eigenvalue weighted by Gasteiger charge is 2.21. The van der Waals surface area contributed by atoms with Crippen LogP contribution in [0, 0.1) is 5.92 Å². The van der Waals surface area contributed by atoms with Gasteiger partial charge >= 0.3 is 5.97 Å². The molecular weight excluding hydrogens is 182 g/mol. The van der Waals surface area contributed by atoms with Gasteiger partial charge in [0.25, 0.3) is 0 Å². The summed E-state index contributed by atoms with van der Waals surface area (Å²) in [4.78, 5) is 18.6. The maximum absolute atomic E-state index is 10.8. The van der Waals surface area contributed by atoms with E-state index in [4.69, 9.17) is 5.11 Å². The van der Waals surface area contributed by atoms with E-state index in [1.807, 2.05) is 13.8 Å². The molecule has 0 aliphatic rings. The molecule has 0 aliphatic heterocycles. The summed E-state index contributed by atoms with van der Waals surface area (Å²) in [7, 11) is 0. The Hall–Kier alpha value is -1.65. The van der Waals surface area contributed by atoms with Crippen LogP contribution in [0.4, 0.5) is 5.95 Å². The number of hydrogen-bond acceptors (Lipinski definition) is 4. The molecule has 1 heterocycles. The number of anilines is 1. The van der Waals surface area contributed by atoms with E-state index in [0.717, 1.165) is 0 Å². The lowest BCUT2D eigenvalue weighted by molar-refractivity contribution is -0.138. The van der Waals surface area contributed by atoms with Gasteiger partial charge in [-0.25, -0.2) is 14.8 Å². The van der Waals surface area contributed by atoms with Gasteiger partial charge in [-0.3, -0.25) is 0 Å². The van der Waals surface area contributed by atoms with Crippen LogP contribution in [-0.2, 0) is 4.79 Å². The van der Waals surface area contributed by atoms with Crippen molar-refractivity contribution in [1.29, 1.82) is 0 Å². The van der Waals surface area contributed by atoms with Gasteiger partial charge in [0.05, 0.1) is 0 Å². The Labute approximate surface area is 82.2 Å². The van der Waals surface area contributed by atoms with E-state index >= 15 is 0 Å². The number of aromatic nitrogens is 2. The molecular formula is C9H13N3O2. The highest BCUT2D eigenvalue weighted by Crippen LogP contribution is 2.07. The molecule has 0 saturated heterocycles. The molecule has 1 atom stereocenters. The largest absolute Gasteiger partial charge is 0.480 e. The van der Waals surface area contributed by atoms with Gasteiger partial charge in [-0.05, 0) is 12.0 Å². The Kier molecular flexibility index (Phi) is 3.39. The molecule has 0 aromatic carbocycles. The summed E-state index contributed by atoms with van der Waals surface area (Å²) >= 11 is 0. The Bertz CT molecular complexity index is 300. The van der Waals surface area contributed by atoms with Crippen LogP contribution < -0.4 is 5.32 Å². The van der Waals surface area contributed by atoms with Crippen molar-refractivity contribution in [2.24, 2.45) is 5.92 Å². The minimum Gasteiger partial charge on any atom is -0.480 e. The lowest BCUT2D eigenvalue weighted by atomic mass is 10.1. The number of rotatable bonds is 4. The zero-order valence-electron chi connectivity index (χ0n) is 8.14. The molecule has 0 spiro atoms. The molecule has 2 N–H and O–H groups in total. The van der Waals surface area contributed by atoms with Crippen LogP contribution in [-0.4, -0.2) is 27.1 Å². The Balaban J connectivity index is 2.70. The molecule has 0 aliphatic carbocycles. The highest BCUT2D eigenvalue weighted by molar-refractivity contribution is 5.76. The smallest absolute Gasteiger partial charge is 0.326 e. The van der Waals surface area contributed by atoms with E-state index in [1.54, 1.807) is 18.5 Å². The minimum absolute atomic E-state index is 0.0173. The fourth-order valence-corrected chi connectivity index (χ4v) is 1.03. The number of carboxylic acids is 1. The quantitative estimate of drug-likeness (QED) is 0.749. The van der Waals surface area contributed by atoms with Crippen molar-refractivity contribution in [2.75, 3.05) is 5.32 Å². The van der Waals surface area contributed by atoms with E-state index in [9.17, 15) is 4.79 Å². The van der Waals surface area contributed by atoms with Gasteiger partial charge in [-0.2, -0.15) is 0 Å². The molecule has 5 nitrogen and oxygen atoms in total. The normalized spacial score (nSPS) is 12.5. The zero-order valence-corrected chi connectivity index (χ0v) is 8.14. The summed E-state index contributed by atoms with van der Waals surface area (Å²) in [6, 6.07) is 1.02. The fraction of sp³-hybridized carbons (Fsp3) is 0.444. The van der Waals surface area contributed by atoms with Crippen LogP contribution >= 0.6 is 0 Å². The maximum atomic E-state index is 10.8. The molecule has 1 unspecified atom stereocenters. The van der Waals surface area contributed by atoms with E-state index in [2.05, 4.69) is 15.3 Å². The minimum atomic E-state index is -0.896. The lowest BCUT2D eigenvalue weighted by Gasteiger charge is -2.17. The van der Waals surface area contributed by atoms with Crippen LogP contribution in [0.1, 0.15) is 13.8 Å². The summed E-state index contributed by atoms with van der Waals surface area (Å²) in [5.74, 6) is -0.572. The number of nitrogens with zero attached hydrogens (tertiary/aromatic N) is 2. The molecule has 0 amide bonds. The molecule has 0 bridgehead atoms. The predicted molar refractivity (Wildman–Crippen MR) is 51.9 cm³/mol. The summed E-state index contributed by atoms with van der Waals surface area (Å²) in [5.41, 5.74) is 0. The van der Waals surface area contributed by atoms with Crippen LogP contribution in [0.3, 0.4) is 0 Å². The number of hydrogen-bond donors (Lipinski definition) is 2. The second kappa shape index (κ2) is 4.55. The third-order valence-corrected chi connectivity index (χ3v) is 1.78. The fourth-order valence-electron chi connectivity index (χ4n) is 1.03. The average Bonchev–Trinajstić information content (AvgIpc) is 2.15. The second-order valence-corrected chi connectivity index (χ2v) is 3.28. The first-order valence-corrected chi connectivity index (χ1v) is 4.37. The summed E-state index contributed by atoms with van der Waals surface area (Å²) < 4.78 is 0. The van der Waals surface area contributed by atoms with Crippen LogP contribution in [0.2, 0.25) is 0 Å². The Morgan fingerprint density at radius 3 is 2.43 bits per heavy atom. The van der Waals surface area contributed by atoms with Crippen LogP contribution in [0.25, 0.3) is 0 Å². The molecule has 5 heteroatoms. The van der Waals surface area contributed by atoms with Gasteiger partial charge in [-0.1, -0.05) is 13.8 Å². The lowest BCUT2D eigenvalue weighted by Crippen LogP contribution is -2.34. The number of nitrogens with one attached hydrogen (secondary N) is 1. The third kappa shape index (κ3) is 2.69. The van der Waals surface area contributed by atoms with Gasteiger partial charge < -0.3 is 10.4 Å². The van der Waals surface area contributed by atoms with Crippen molar-refractivity contribution in [3.05, 3.63) is 18.5 Å². The highest BCUT2D eigenvalue weighted by atomic mass is 16.4. The predicted octanol–water partition coefficient (Wildman–Crippen LogP) is 0.998. The summed E-state index contributed by atoms with van der Waals surface area (Å²) in [6.07, 6.45) is 3.13. The number of carbonyl (C=O) groups is 1. The molecule has 1 aromatic heterocycles. The molecule has 1 rings (SSSR count). The molecule has 0 saturated carbocycles. The van der Waals surface area contributed by atoms with Crippen LogP contribution in [0.5, 0.6) is 0 Å². The summed E-state index contributed by atoms with van der Waals surface area (Å²) in [6.45, 7) is 3.66. The van der Waals surface area contributed by atoms with E-state index in [0.29, 0.717) is 5.95 Å². The first-order valence-electron chi connectivity index (χ1n) is 4.37. The zero-order chi connectivity index (χ0) is 10.6. The van der Waals surface area contributed by atoms with E-state index < -0.39 is 12.0 Å². The molecule has 14 heavy (non-hydrogen) atoms. The Morgan fingerprint density at radius 1 is 1.43 bits per heavy atom. The van der Waals surface area contributed by atoms with Gasteiger partial charge in [0.1, 0.15) is 6.04 Å². The van der Waals surface area contributed by atoms with Crippen molar-refractivity contribution >= 4 is 11.9 Å². The van der Waals surface area contributed by atoms with E-state index in [1.165, 1.54) is 0 Å². The van der Waals surface area contributed by atoms with E-state index in [-0.39, 0.29) is 5.92 Å². The topological polar surface area (TPSA) is 75.1 Å². The second-order valence-electron chi connectivity index (χ2n) is 3.28. The number of carboxylic acid groups (broad SMARTS) is 1. The Morgan fingerprint density at radius 2 is 2.00 bits per heavy atom. The standard InChI is InChI=1S/C9H13N3O2/c1-6(2)7(8(13)14)12-9-10-4-3-5-11-9/h3-7H,1-2H3,(H,13,14)(H,10,11,12). The molecule has 1 aromatic rings. The molecule has 76 valence electrons. The molecule has 0 fully saturated rings. The average molecular weight is 195 g/mol. The van der Waals surface area contributed by atoms with Gasteiger partial charge in [0.15, 0.2) is 0 Å². The molecule has 0 radical (unpaired) electrons.